The van der Waals surface area contributed by atoms with Crippen LogP contribution in [0.25, 0.3) is 10.8 Å². The van der Waals surface area contributed by atoms with Gasteiger partial charge >= 0.3 is 5.97 Å². The second kappa shape index (κ2) is 9.47. The molecule has 0 saturated carbocycles. The predicted molar refractivity (Wildman–Crippen MR) is 116 cm³/mol. The first kappa shape index (κ1) is 20.7. The molecule has 2 aromatic heterocycles. The van der Waals surface area contributed by atoms with E-state index < -0.39 is 5.97 Å². The van der Waals surface area contributed by atoms with Crippen molar-refractivity contribution in [2.45, 2.75) is 33.6 Å². The summed E-state index contributed by atoms with van der Waals surface area (Å²) in [5, 5.41) is 8.49. The van der Waals surface area contributed by atoms with Crippen molar-refractivity contribution in [3.8, 4) is 0 Å². The number of benzene rings is 1. The number of carbonyl (C=O) groups excluding carboxylic acids is 2. The third-order valence-corrected chi connectivity index (χ3v) is 5.28. The molecule has 1 aromatic carbocycles. The normalized spacial score (nSPS) is 10.7. The molecule has 7 nitrogen and oxygen atoms in total. The zero-order valence-corrected chi connectivity index (χ0v) is 17.6. The van der Waals surface area contributed by atoms with Crippen LogP contribution in [0.15, 0.2) is 30.5 Å². The summed E-state index contributed by atoms with van der Waals surface area (Å²) < 4.78 is 5.14. The fourth-order valence-corrected chi connectivity index (χ4v) is 3.68. The Morgan fingerprint density at radius 2 is 2.03 bits per heavy atom. The first-order chi connectivity index (χ1) is 14.0. The molecule has 8 heteroatoms. The maximum atomic E-state index is 12.3. The molecular formula is C21H24N4O3S. The molecule has 152 valence electrons. The number of rotatable bonds is 8. The molecule has 0 aliphatic carbocycles. The molecule has 0 atom stereocenters. The largest absolute Gasteiger partial charge is 0.461 e. The Morgan fingerprint density at radius 1 is 1.21 bits per heavy atom. The second-order valence-corrected chi connectivity index (χ2v) is 7.68. The molecule has 29 heavy (non-hydrogen) atoms. The zero-order valence-electron chi connectivity index (χ0n) is 16.7. The highest BCUT2D eigenvalue weighted by Gasteiger charge is 2.17. The van der Waals surface area contributed by atoms with Crippen LogP contribution in [0.4, 0.5) is 10.9 Å². The van der Waals surface area contributed by atoms with Crippen LogP contribution in [0.5, 0.6) is 0 Å². The number of esters is 1. The first-order valence-corrected chi connectivity index (χ1v) is 10.3. The zero-order chi connectivity index (χ0) is 20.8. The van der Waals surface area contributed by atoms with Gasteiger partial charge in [0.1, 0.15) is 10.7 Å². The van der Waals surface area contributed by atoms with Gasteiger partial charge in [0.25, 0.3) is 0 Å². The number of thiazole rings is 1. The number of hydrogen-bond acceptors (Lipinski definition) is 7. The Kier molecular flexibility index (Phi) is 6.77. The highest BCUT2D eigenvalue weighted by atomic mass is 32.1. The third-order valence-electron chi connectivity index (χ3n) is 4.23. The van der Waals surface area contributed by atoms with Crippen LogP contribution in [0, 0.1) is 13.8 Å². The van der Waals surface area contributed by atoms with Gasteiger partial charge in [0.05, 0.1) is 12.3 Å². The van der Waals surface area contributed by atoms with Crippen molar-refractivity contribution >= 4 is 44.9 Å². The summed E-state index contributed by atoms with van der Waals surface area (Å²) >= 11 is 1.13. The van der Waals surface area contributed by atoms with Gasteiger partial charge in [0.15, 0.2) is 5.13 Å². The molecule has 1 amide bonds. The molecule has 2 N–H and O–H groups in total. The summed E-state index contributed by atoms with van der Waals surface area (Å²) in [6.45, 7) is 6.49. The van der Waals surface area contributed by atoms with Gasteiger partial charge < -0.3 is 15.4 Å². The van der Waals surface area contributed by atoms with Crippen molar-refractivity contribution in [3.63, 3.8) is 0 Å². The predicted octanol–water partition coefficient (Wildman–Crippen LogP) is 4.32. The van der Waals surface area contributed by atoms with E-state index in [1.165, 1.54) is 0 Å². The van der Waals surface area contributed by atoms with E-state index >= 15 is 0 Å². The lowest BCUT2D eigenvalue weighted by Gasteiger charge is -2.09. The van der Waals surface area contributed by atoms with E-state index in [1.807, 2.05) is 19.9 Å². The Bertz CT molecular complexity index is 1030. The van der Waals surface area contributed by atoms with E-state index in [0.29, 0.717) is 28.9 Å². The molecule has 0 saturated heterocycles. The molecule has 0 radical (unpaired) electrons. The summed E-state index contributed by atoms with van der Waals surface area (Å²) in [4.78, 5) is 33.3. The highest BCUT2D eigenvalue weighted by molar-refractivity contribution is 7.17. The van der Waals surface area contributed by atoms with E-state index in [0.717, 1.165) is 39.9 Å². The lowest BCUT2D eigenvalue weighted by Crippen LogP contribution is -2.16. The van der Waals surface area contributed by atoms with Crippen LogP contribution in [0.3, 0.4) is 0 Å². The van der Waals surface area contributed by atoms with E-state index in [4.69, 9.17) is 4.74 Å². The number of hydrogen-bond donors (Lipinski definition) is 2. The summed E-state index contributed by atoms with van der Waals surface area (Å²) in [5.41, 5.74) is 1.71. The number of aromatic nitrogens is 2. The second-order valence-electron chi connectivity index (χ2n) is 6.68. The van der Waals surface area contributed by atoms with Crippen LogP contribution >= 0.6 is 11.3 Å². The topological polar surface area (TPSA) is 93.2 Å². The summed E-state index contributed by atoms with van der Waals surface area (Å²) in [6.07, 6.45) is 2.75. The summed E-state index contributed by atoms with van der Waals surface area (Å²) in [5.74, 6) is 0.169. The number of pyridine rings is 1. The molecular weight excluding hydrogens is 388 g/mol. The quantitative estimate of drug-likeness (QED) is 0.535. The average molecular weight is 413 g/mol. The third kappa shape index (κ3) is 5.29. The van der Waals surface area contributed by atoms with E-state index in [1.54, 1.807) is 13.1 Å². The van der Waals surface area contributed by atoms with Crippen LogP contribution < -0.4 is 10.6 Å². The van der Waals surface area contributed by atoms with Gasteiger partial charge in [-0.25, -0.2) is 14.8 Å². The van der Waals surface area contributed by atoms with Gasteiger partial charge in [-0.2, -0.15) is 0 Å². The van der Waals surface area contributed by atoms with Crippen molar-refractivity contribution in [2.75, 3.05) is 23.8 Å². The molecule has 0 aliphatic heterocycles. The monoisotopic (exact) mass is 412 g/mol. The number of fused-ring (bicyclic) bond motifs is 1. The van der Waals surface area contributed by atoms with Crippen LogP contribution in [0.1, 0.15) is 40.7 Å². The molecule has 0 bridgehead atoms. The fourth-order valence-electron chi connectivity index (χ4n) is 2.80. The smallest absolute Gasteiger partial charge is 0.350 e. The van der Waals surface area contributed by atoms with Crippen molar-refractivity contribution in [2.24, 2.45) is 0 Å². The number of carbonyl (C=O) groups is 2. The number of ether oxygens (including phenoxy) is 1. The molecule has 0 fully saturated rings. The lowest BCUT2D eigenvalue weighted by molar-refractivity contribution is -0.115. The molecule has 2 heterocycles. The van der Waals surface area contributed by atoms with Crippen LogP contribution in [-0.2, 0) is 9.53 Å². The number of nitrogens with one attached hydrogen (secondary N) is 2. The van der Waals surface area contributed by atoms with Gasteiger partial charge in [-0.3, -0.25) is 4.79 Å². The molecule has 3 aromatic rings. The highest BCUT2D eigenvalue weighted by Crippen LogP contribution is 2.24. The molecule has 3 rings (SSSR count). The van der Waals surface area contributed by atoms with Crippen molar-refractivity contribution < 1.29 is 14.3 Å². The van der Waals surface area contributed by atoms with E-state index in [-0.39, 0.29) is 12.3 Å². The summed E-state index contributed by atoms with van der Waals surface area (Å²) in [7, 11) is 0. The van der Waals surface area contributed by atoms with E-state index in [2.05, 4.69) is 38.8 Å². The van der Waals surface area contributed by atoms with Gasteiger partial charge in [-0.1, -0.05) is 36.0 Å². The van der Waals surface area contributed by atoms with Gasteiger partial charge in [-0.05, 0) is 37.8 Å². The number of anilines is 2. The van der Waals surface area contributed by atoms with Crippen molar-refractivity contribution in [3.05, 3.63) is 46.6 Å². The standard InChI is InChI=1S/C21H24N4O3S/c1-4-11-28-20(27)18-14(3)24-21(29-18)25-17(26)8-10-23-19-16-12-13(2)5-6-15(16)7-9-22-19/h5-7,9,12H,4,8,10-11H2,1-3H3,(H,22,23)(H,24,25,26). The maximum absolute atomic E-state index is 12.3. The van der Waals surface area contributed by atoms with Crippen molar-refractivity contribution in [1.29, 1.82) is 0 Å². The number of nitrogens with zero attached hydrogens (tertiary/aromatic N) is 2. The molecule has 0 aliphatic rings. The van der Waals surface area contributed by atoms with E-state index in [9.17, 15) is 9.59 Å². The Morgan fingerprint density at radius 3 is 2.83 bits per heavy atom. The van der Waals surface area contributed by atoms with Gasteiger partial charge in [-0.15, -0.1) is 0 Å². The van der Waals surface area contributed by atoms with Gasteiger partial charge in [0.2, 0.25) is 5.91 Å². The molecule has 0 unspecified atom stereocenters. The fraction of sp³-hybridized carbons (Fsp3) is 0.333. The Hall–Kier alpha value is -3.00. The average Bonchev–Trinajstić information content (AvgIpc) is 3.06. The summed E-state index contributed by atoms with van der Waals surface area (Å²) in [6, 6.07) is 8.14. The Labute approximate surface area is 173 Å². The minimum Gasteiger partial charge on any atom is -0.461 e. The Balaban J connectivity index is 1.56. The van der Waals surface area contributed by atoms with Crippen LogP contribution in [0.2, 0.25) is 0 Å². The number of aryl methyl sites for hydroxylation is 2. The minimum atomic E-state index is -0.402. The maximum Gasteiger partial charge on any atom is 0.350 e. The van der Waals surface area contributed by atoms with Gasteiger partial charge in [0, 0.05) is 24.5 Å². The number of amides is 1. The van der Waals surface area contributed by atoms with Crippen molar-refractivity contribution in [1.82, 2.24) is 9.97 Å². The lowest BCUT2D eigenvalue weighted by atomic mass is 10.1. The first-order valence-electron chi connectivity index (χ1n) is 9.51. The SMILES string of the molecule is CCCOC(=O)c1sc(NC(=O)CCNc2nccc3ccc(C)cc23)nc1C. The molecule has 0 spiro atoms. The van der Waals surface area contributed by atoms with Crippen LogP contribution in [-0.4, -0.2) is 35.0 Å². The minimum absolute atomic E-state index is 0.184.